The second-order valence-electron chi connectivity index (χ2n) is 7.76. The van der Waals surface area contributed by atoms with Crippen molar-refractivity contribution in [1.82, 2.24) is 5.32 Å². The van der Waals surface area contributed by atoms with Gasteiger partial charge >= 0.3 is 0 Å². The van der Waals surface area contributed by atoms with E-state index in [1.807, 2.05) is 12.1 Å². The molecular formula is C22H31NO2. The van der Waals surface area contributed by atoms with Gasteiger partial charge in [-0.2, -0.15) is 0 Å². The van der Waals surface area contributed by atoms with Crippen molar-refractivity contribution in [2.45, 2.75) is 58.1 Å². The van der Waals surface area contributed by atoms with Crippen LogP contribution >= 0.6 is 0 Å². The molecule has 0 saturated carbocycles. The molecule has 1 aromatic carbocycles. The molecule has 0 spiro atoms. The monoisotopic (exact) mass is 341 g/mol. The van der Waals surface area contributed by atoms with E-state index in [1.165, 1.54) is 11.1 Å². The number of nitrogens with one attached hydrogen (secondary N) is 1. The minimum Gasteiger partial charge on any atom is -0.468 e. The quantitative estimate of drug-likeness (QED) is 0.732. The fourth-order valence-electron chi connectivity index (χ4n) is 3.87. The third-order valence-corrected chi connectivity index (χ3v) is 5.57. The first-order chi connectivity index (χ1) is 12.1. The Labute approximate surface area is 151 Å². The molecule has 3 heteroatoms. The van der Waals surface area contributed by atoms with Gasteiger partial charge in [0.25, 0.3) is 0 Å². The van der Waals surface area contributed by atoms with Crippen molar-refractivity contribution in [1.29, 1.82) is 0 Å². The van der Waals surface area contributed by atoms with E-state index in [1.54, 1.807) is 6.26 Å². The van der Waals surface area contributed by atoms with Gasteiger partial charge < -0.3 is 14.5 Å². The van der Waals surface area contributed by atoms with Crippen LogP contribution in [0.15, 0.2) is 47.1 Å². The molecule has 0 radical (unpaired) electrons. The van der Waals surface area contributed by atoms with E-state index in [4.69, 9.17) is 9.15 Å². The zero-order valence-electron chi connectivity index (χ0n) is 15.8. The first-order valence-corrected chi connectivity index (χ1v) is 9.51. The third kappa shape index (κ3) is 4.53. The van der Waals surface area contributed by atoms with Gasteiger partial charge in [-0.3, -0.25) is 0 Å². The Hall–Kier alpha value is -1.58. The number of hydrogen-bond acceptors (Lipinski definition) is 3. The van der Waals surface area contributed by atoms with E-state index in [0.717, 1.165) is 44.7 Å². The van der Waals surface area contributed by atoms with Gasteiger partial charge in [0.1, 0.15) is 5.76 Å². The van der Waals surface area contributed by atoms with Crippen molar-refractivity contribution >= 4 is 0 Å². The minimum atomic E-state index is 0.205. The van der Waals surface area contributed by atoms with Gasteiger partial charge in [-0.05, 0) is 56.3 Å². The van der Waals surface area contributed by atoms with Crippen molar-refractivity contribution in [2.75, 3.05) is 13.2 Å². The molecule has 1 aliphatic heterocycles. The lowest BCUT2D eigenvalue weighted by molar-refractivity contribution is -0.0469. The van der Waals surface area contributed by atoms with Crippen molar-refractivity contribution < 1.29 is 9.15 Å². The van der Waals surface area contributed by atoms with Crippen molar-refractivity contribution in [3.05, 3.63) is 59.5 Å². The Morgan fingerprint density at radius 3 is 2.68 bits per heavy atom. The standard InChI is InChI=1S/C22H31NO2/c1-17(2)21-15-22(11-14-25-21,19-8-6-18(3)7-9-19)10-12-23-16-20-5-4-13-24-20/h4-9,13,17,21,23H,10-12,14-16H2,1-3H3/t21-,22-/m0/s1. The predicted molar refractivity (Wildman–Crippen MR) is 102 cm³/mol. The van der Waals surface area contributed by atoms with Crippen LogP contribution in [0.2, 0.25) is 0 Å². The molecule has 0 aliphatic carbocycles. The lowest BCUT2D eigenvalue weighted by Crippen LogP contribution is -2.42. The number of ether oxygens (including phenoxy) is 1. The molecule has 0 unspecified atom stereocenters. The van der Waals surface area contributed by atoms with Crippen LogP contribution < -0.4 is 5.32 Å². The molecule has 2 heterocycles. The summed E-state index contributed by atoms with van der Waals surface area (Å²) < 4.78 is 11.5. The zero-order chi connectivity index (χ0) is 17.7. The highest BCUT2D eigenvalue weighted by molar-refractivity contribution is 5.29. The molecule has 136 valence electrons. The summed E-state index contributed by atoms with van der Waals surface area (Å²) in [6, 6.07) is 13.1. The SMILES string of the molecule is Cc1ccc([C@@]2(CCNCc3ccco3)CCO[C@H](C(C)C)C2)cc1. The summed E-state index contributed by atoms with van der Waals surface area (Å²) in [4.78, 5) is 0. The van der Waals surface area contributed by atoms with Gasteiger partial charge in [0.15, 0.2) is 0 Å². The van der Waals surface area contributed by atoms with Crippen LogP contribution in [-0.4, -0.2) is 19.3 Å². The van der Waals surface area contributed by atoms with Gasteiger partial charge in [-0.1, -0.05) is 43.7 Å². The van der Waals surface area contributed by atoms with Crippen LogP contribution in [-0.2, 0) is 16.7 Å². The van der Waals surface area contributed by atoms with Gasteiger partial charge in [0.2, 0.25) is 0 Å². The van der Waals surface area contributed by atoms with Gasteiger partial charge in [0, 0.05) is 12.0 Å². The Balaban J connectivity index is 1.70. The molecule has 25 heavy (non-hydrogen) atoms. The summed E-state index contributed by atoms with van der Waals surface area (Å²) in [5, 5.41) is 3.55. The Kier molecular flexibility index (Phi) is 5.98. The average molecular weight is 341 g/mol. The molecule has 1 fully saturated rings. The lowest BCUT2D eigenvalue weighted by atomic mass is 9.68. The lowest BCUT2D eigenvalue weighted by Gasteiger charge is -2.43. The fraction of sp³-hybridized carbons (Fsp3) is 0.545. The van der Waals surface area contributed by atoms with E-state index in [0.29, 0.717) is 12.0 Å². The summed E-state index contributed by atoms with van der Waals surface area (Å²) in [6.07, 6.45) is 5.41. The third-order valence-electron chi connectivity index (χ3n) is 5.57. The number of benzene rings is 1. The van der Waals surface area contributed by atoms with Crippen molar-refractivity contribution in [2.24, 2.45) is 5.92 Å². The first-order valence-electron chi connectivity index (χ1n) is 9.51. The molecule has 3 nitrogen and oxygen atoms in total. The highest BCUT2D eigenvalue weighted by Gasteiger charge is 2.39. The number of aryl methyl sites for hydroxylation is 1. The first kappa shape index (κ1) is 18.2. The number of furan rings is 1. The summed E-state index contributed by atoms with van der Waals surface area (Å²) in [6.45, 7) is 9.33. The molecule has 1 aromatic heterocycles. The highest BCUT2D eigenvalue weighted by Crippen LogP contribution is 2.41. The van der Waals surface area contributed by atoms with Crippen LogP contribution in [0, 0.1) is 12.8 Å². The molecule has 1 N–H and O–H groups in total. The number of rotatable bonds is 7. The largest absolute Gasteiger partial charge is 0.468 e. The molecule has 1 aliphatic rings. The molecule has 0 bridgehead atoms. The second kappa shape index (κ2) is 8.20. The normalized spacial score (nSPS) is 23.9. The minimum absolute atomic E-state index is 0.205. The van der Waals surface area contributed by atoms with Crippen LogP contribution in [0.25, 0.3) is 0 Å². The number of hydrogen-bond donors (Lipinski definition) is 1. The van der Waals surface area contributed by atoms with Crippen molar-refractivity contribution in [3.8, 4) is 0 Å². The highest BCUT2D eigenvalue weighted by atomic mass is 16.5. The molecule has 3 rings (SSSR count). The van der Waals surface area contributed by atoms with Crippen molar-refractivity contribution in [3.63, 3.8) is 0 Å². The fourth-order valence-corrected chi connectivity index (χ4v) is 3.87. The van der Waals surface area contributed by atoms with Gasteiger partial charge in [-0.25, -0.2) is 0 Å². The second-order valence-corrected chi connectivity index (χ2v) is 7.76. The molecular weight excluding hydrogens is 310 g/mol. The Bertz CT molecular complexity index is 633. The van der Waals surface area contributed by atoms with Crippen LogP contribution in [0.3, 0.4) is 0 Å². The Morgan fingerprint density at radius 1 is 1.20 bits per heavy atom. The van der Waals surface area contributed by atoms with Crippen LogP contribution in [0.4, 0.5) is 0 Å². The smallest absolute Gasteiger partial charge is 0.117 e. The van der Waals surface area contributed by atoms with Crippen LogP contribution in [0.1, 0.15) is 50.0 Å². The van der Waals surface area contributed by atoms with E-state index in [-0.39, 0.29) is 5.41 Å². The van der Waals surface area contributed by atoms with E-state index in [9.17, 15) is 0 Å². The summed E-state index contributed by atoms with van der Waals surface area (Å²) in [7, 11) is 0. The average Bonchev–Trinajstić information content (AvgIpc) is 3.13. The summed E-state index contributed by atoms with van der Waals surface area (Å²) in [5.41, 5.74) is 2.99. The maximum atomic E-state index is 6.07. The maximum Gasteiger partial charge on any atom is 0.117 e. The molecule has 2 aromatic rings. The van der Waals surface area contributed by atoms with Gasteiger partial charge in [-0.15, -0.1) is 0 Å². The topological polar surface area (TPSA) is 34.4 Å². The Morgan fingerprint density at radius 2 is 2.00 bits per heavy atom. The van der Waals surface area contributed by atoms with Gasteiger partial charge in [0.05, 0.1) is 18.9 Å². The molecule has 0 amide bonds. The maximum absolute atomic E-state index is 6.07. The zero-order valence-corrected chi connectivity index (χ0v) is 15.8. The van der Waals surface area contributed by atoms with Crippen LogP contribution in [0.5, 0.6) is 0 Å². The van der Waals surface area contributed by atoms with E-state index < -0.39 is 0 Å². The van der Waals surface area contributed by atoms with E-state index in [2.05, 4.69) is 50.4 Å². The summed E-state index contributed by atoms with van der Waals surface area (Å²) in [5.74, 6) is 1.55. The summed E-state index contributed by atoms with van der Waals surface area (Å²) >= 11 is 0. The molecule has 2 atom stereocenters. The molecule has 1 saturated heterocycles. The van der Waals surface area contributed by atoms with E-state index >= 15 is 0 Å². The predicted octanol–water partition coefficient (Wildman–Crippen LogP) is 4.84.